The molecule has 2 saturated heterocycles. The van der Waals surface area contributed by atoms with Gasteiger partial charge in [-0.2, -0.15) is 0 Å². The Hall–Kier alpha value is -2.70. The van der Waals surface area contributed by atoms with Gasteiger partial charge in [0.2, 0.25) is 17.7 Å². The highest BCUT2D eigenvalue weighted by Gasteiger charge is 2.37. The summed E-state index contributed by atoms with van der Waals surface area (Å²) in [5.41, 5.74) is 1.08. The second-order valence-electron chi connectivity index (χ2n) is 9.61. The van der Waals surface area contributed by atoms with Gasteiger partial charge in [-0.25, -0.2) is 0 Å². The number of aldehydes is 1. The lowest BCUT2D eigenvalue weighted by molar-refractivity contribution is -0.132. The number of carbonyl (C=O) groups excluding carboxylic acids is 4. The topological polar surface area (TPSA) is 104 Å². The number of rotatable bonds is 5. The summed E-state index contributed by atoms with van der Waals surface area (Å²) < 4.78 is 0. The fraction of sp³-hybridized carbons (Fsp3) is 0.600. The SMILES string of the molecule is CC(C)C[C@@H]1NC(=O)[C@H](Cc2ccccc2)CCC[C@H]2CNC(=O)[C@H]2C[C@@H](C=O)NC1=O. The Morgan fingerprint density at radius 3 is 2.44 bits per heavy atom. The first-order chi connectivity index (χ1) is 15.4. The highest BCUT2D eigenvalue weighted by Crippen LogP contribution is 2.29. The van der Waals surface area contributed by atoms with E-state index >= 15 is 0 Å². The van der Waals surface area contributed by atoms with Crippen molar-refractivity contribution >= 4 is 24.0 Å². The smallest absolute Gasteiger partial charge is 0.243 e. The molecule has 0 aromatic heterocycles. The van der Waals surface area contributed by atoms with Crippen LogP contribution in [0.1, 0.15) is 51.5 Å². The van der Waals surface area contributed by atoms with Crippen molar-refractivity contribution in [1.29, 1.82) is 0 Å². The van der Waals surface area contributed by atoms with E-state index in [1.54, 1.807) is 0 Å². The molecule has 1 aromatic rings. The molecule has 3 N–H and O–H groups in total. The zero-order chi connectivity index (χ0) is 23.1. The number of carbonyl (C=O) groups is 4. The van der Waals surface area contributed by atoms with Crippen molar-refractivity contribution in [2.75, 3.05) is 6.54 Å². The predicted molar refractivity (Wildman–Crippen MR) is 121 cm³/mol. The lowest BCUT2D eigenvalue weighted by Gasteiger charge is -2.25. The van der Waals surface area contributed by atoms with Crippen LogP contribution in [0.2, 0.25) is 0 Å². The molecule has 0 aliphatic carbocycles. The molecule has 0 bridgehead atoms. The third kappa shape index (κ3) is 6.40. The van der Waals surface area contributed by atoms with Crippen molar-refractivity contribution in [2.45, 2.75) is 64.5 Å². The Morgan fingerprint density at radius 2 is 1.75 bits per heavy atom. The molecule has 7 nitrogen and oxygen atoms in total. The molecule has 174 valence electrons. The molecule has 0 radical (unpaired) electrons. The van der Waals surface area contributed by atoms with Gasteiger partial charge in [0.15, 0.2) is 0 Å². The van der Waals surface area contributed by atoms with Gasteiger partial charge in [0, 0.05) is 18.4 Å². The largest absolute Gasteiger partial charge is 0.356 e. The molecule has 2 aliphatic rings. The summed E-state index contributed by atoms with van der Waals surface area (Å²) in [6, 6.07) is 8.44. The van der Waals surface area contributed by atoms with E-state index in [1.165, 1.54) is 0 Å². The predicted octanol–water partition coefficient (Wildman–Crippen LogP) is 2.00. The van der Waals surface area contributed by atoms with E-state index in [-0.39, 0.29) is 41.4 Å². The van der Waals surface area contributed by atoms with Gasteiger partial charge >= 0.3 is 0 Å². The first-order valence-electron chi connectivity index (χ1n) is 11.7. The second-order valence-corrected chi connectivity index (χ2v) is 9.61. The van der Waals surface area contributed by atoms with E-state index in [9.17, 15) is 19.2 Å². The number of hydrogen-bond acceptors (Lipinski definition) is 4. The van der Waals surface area contributed by atoms with Crippen molar-refractivity contribution in [2.24, 2.45) is 23.7 Å². The minimum Gasteiger partial charge on any atom is -0.356 e. The molecule has 5 atom stereocenters. The summed E-state index contributed by atoms with van der Waals surface area (Å²) in [6.07, 6.45) is 4.37. The van der Waals surface area contributed by atoms with Crippen LogP contribution in [0.5, 0.6) is 0 Å². The van der Waals surface area contributed by atoms with Crippen molar-refractivity contribution in [3.05, 3.63) is 35.9 Å². The van der Waals surface area contributed by atoms with E-state index in [4.69, 9.17) is 0 Å². The van der Waals surface area contributed by atoms with E-state index in [0.717, 1.165) is 18.4 Å². The van der Waals surface area contributed by atoms with Crippen LogP contribution in [0, 0.1) is 23.7 Å². The van der Waals surface area contributed by atoms with Gasteiger partial charge in [0.05, 0.1) is 6.04 Å². The van der Waals surface area contributed by atoms with Crippen molar-refractivity contribution in [3.63, 3.8) is 0 Å². The molecule has 2 aliphatic heterocycles. The van der Waals surface area contributed by atoms with Crippen molar-refractivity contribution in [3.8, 4) is 0 Å². The summed E-state index contributed by atoms with van der Waals surface area (Å²) >= 11 is 0. The zero-order valence-electron chi connectivity index (χ0n) is 19.0. The third-order valence-corrected chi connectivity index (χ3v) is 6.61. The maximum atomic E-state index is 13.3. The van der Waals surface area contributed by atoms with Crippen LogP contribution in [0.25, 0.3) is 0 Å². The molecule has 32 heavy (non-hydrogen) atoms. The molecule has 0 spiro atoms. The Bertz CT molecular complexity index is 811. The molecule has 1 aromatic carbocycles. The standard InChI is InChI=1S/C25H35N3O4/c1-16(2)11-22-25(32)27-20(15-29)13-21-19(14-26-24(21)31)10-6-9-18(23(30)28-22)12-17-7-4-3-5-8-17/h3-5,7-8,15-16,18-22H,6,9-14H2,1-2H3,(H,26,31)(H,27,32)(H,28,30)/t18-,19-,20-,21-,22-/m0/s1. The van der Waals surface area contributed by atoms with E-state index in [1.807, 2.05) is 44.2 Å². The number of amides is 3. The lowest BCUT2D eigenvalue weighted by Crippen LogP contribution is -2.52. The van der Waals surface area contributed by atoms with Crippen molar-refractivity contribution < 1.29 is 19.2 Å². The Kier molecular flexibility index (Phi) is 8.42. The second kappa shape index (κ2) is 11.2. The molecule has 7 heteroatoms. The van der Waals surface area contributed by atoms with Gasteiger partial charge in [-0.1, -0.05) is 50.6 Å². The molecular formula is C25H35N3O4. The lowest BCUT2D eigenvalue weighted by atomic mass is 9.84. The molecular weight excluding hydrogens is 406 g/mol. The van der Waals surface area contributed by atoms with Crippen LogP contribution < -0.4 is 16.0 Å². The fourth-order valence-corrected chi connectivity index (χ4v) is 4.87. The highest BCUT2D eigenvalue weighted by atomic mass is 16.2. The average molecular weight is 442 g/mol. The van der Waals surface area contributed by atoms with E-state index < -0.39 is 12.1 Å². The van der Waals surface area contributed by atoms with Gasteiger partial charge in [0.25, 0.3) is 0 Å². The zero-order valence-corrected chi connectivity index (χ0v) is 19.0. The number of nitrogens with one attached hydrogen (secondary N) is 3. The molecule has 0 saturated carbocycles. The average Bonchev–Trinajstić information content (AvgIpc) is 3.11. The molecule has 3 amide bonds. The Balaban J connectivity index is 1.85. The van der Waals surface area contributed by atoms with Gasteiger partial charge in [-0.15, -0.1) is 0 Å². The summed E-state index contributed by atoms with van der Waals surface area (Å²) in [5, 5.41) is 8.65. The van der Waals surface area contributed by atoms with Crippen LogP contribution in [-0.4, -0.2) is 42.6 Å². The van der Waals surface area contributed by atoms with Crippen LogP contribution in [0.4, 0.5) is 0 Å². The maximum Gasteiger partial charge on any atom is 0.243 e. The number of hydrogen-bond donors (Lipinski definition) is 3. The minimum absolute atomic E-state index is 0.0558. The van der Waals surface area contributed by atoms with Crippen LogP contribution in [-0.2, 0) is 25.6 Å². The monoisotopic (exact) mass is 441 g/mol. The first-order valence-corrected chi connectivity index (χ1v) is 11.7. The Labute approximate surface area is 190 Å². The first kappa shape index (κ1) is 24.0. The summed E-state index contributed by atoms with van der Waals surface area (Å²) in [5.74, 6) is -0.814. The van der Waals surface area contributed by atoms with E-state index in [0.29, 0.717) is 38.5 Å². The minimum atomic E-state index is -0.744. The fourth-order valence-electron chi connectivity index (χ4n) is 4.87. The molecule has 3 rings (SSSR count). The summed E-state index contributed by atoms with van der Waals surface area (Å²) in [7, 11) is 0. The molecule has 0 unspecified atom stereocenters. The highest BCUT2D eigenvalue weighted by molar-refractivity contribution is 5.90. The molecule has 2 heterocycles. The number of benzene rings is 1. The van der Waals surface area contributed by atoms with Crippen molar-refractivity contribution in [1.82, 2.24) is 16.0 Å². The normalized spacial score (nSPS) is 29.6. The molecule has 2 fully saturated rings. The quantitative estimate of drug-likeness (QED) is 0.608. The van der Waals surface area contributed by atoms with Crippen LogP contribution in [0.15, 0.2) is 30.3 Å². The summed E-state index contributed by atoms with van der Waals surface area (Å²) in [4.78, 5) is 50.4. The maximum absolute atomic E-state index is 13.3. The third-order valence-electron chi connectivity index (χ3n) is 6.61. The van der Waals surface area contributed by atoms with Gasteiger partial charge in [0.1, 0.15) is 12.3 Å². The summed E-state index contributed by atoms with van der Waals surface area (Å²) in [6.45, 7) is 4.56. The van der Waals surface area contributed by atoms with E-state index in [2.05, 4.69) is 16.0 Å². The Morgan fingerprint density at radius 1 is 1.00 bits per heavy atom. The van der Waals surface area contributed by atoms with Gasteiger partial charge in [-0.3, -0.25) is 14.4 Å². The van der Waals surface area contributed by atoms with Crippen LogP contribution >= 0.6 is 0 Å². The van der Waals surface area contributed by atoms with Crippen LogP contribution in [0.3, 0.4) is 0 Å². The van der Waals surface area contributed by atoms with Gasteiger partial charge < -0.3 is 20.7 Å². The van der Waals surface area contributed by atoms with Gasteiger partial charge in [-0.05, 0) is 49.5 Å². The number of fused-ring (bicyclic) bond motifs is 1.